The maximum absolute atomic E-state index is 11.8. The Morgan fingerprint density at radius 2 is 1.26 bits per heavy atom. The molecule has 0 spiro atoms. The van der Waals surface area contributed by atoms with Crippen molar-refractivity contribution < 1.29 is 79.7 Å². The molecule has 4 N–H and O–H groups in total. The van der Waals surface area contributed by atoms with Gasteiger partial charge in [-0.2, -0.15) is 8.62 Å². The van der Waals surface area contributed by atoms with Crippen molar-refractivity contribution >= 4 is 41.4 Å². The minimum atomic E-state index is -5.76. The number of hydrogen-bond acceptors (Lipinski definition) is 13. The van der Waals surface area contributed by atoms with Crippen molar-refractivity contribution in [2.24, 2.45) is 0 Å². The lowest BCUT2D eigenvalue weighted by atomic mass is 10.1. The number of phosphoric ester groups is 1. The van der Waals surface area contributed by atoms with Crippen molar-refractivity contribution in [2.75, 3.05) is 6.61 Å². The molecule has 1 aliphatic rings. The fraction of sp³-hybridized carbons (Fsp3) is 0.727. The van der Waals surface area contributed by atoms with E-state index < -0.39 is 72.6 Å². The van der Waals surface area contributed by atoms with Gasteiger partial charge in [0.2, 0.25) is 12.4 Å². The average molecular weight is 516 g/mol. The monoisotopic (exact) mass is 516 g/mol. The zero-order valence-corrected chi connectivity index (χ0v) is 18.6. The van der Waals surface area contributed by atoms with Gasteiger partial charge in [-0.05, 0) is 0 Å². The molecule has 20 heteroatoms. The Kier molecular flexibility index (Phi) is 9.51. The van der Waals surface area contributed by atoms with Gasteiger partial charge < -0.3 is 38.5 Å². The van der Waals surface area contributed by atoms with Crippen molar-refractivity contribution in [3.05, 3.63) is 0 Å². The van der Waals surface area contributed by atoms with Crippen molar-refractivity contribution in [1.82, 2.24) is 0 Å². The number of phosphoric acid groups is 3. The van der Waals surface area contributed by atoms with E-state index in [1.807, 2.05) is 0 Å². The van der Waals surface area contributed by atoms with Gasteiger partial charge in [0.15, 0.2) is 6.10 Å². The molecule has 6 unspecified atom stereocenters. The minimum Gasteiger partial charge on any atom is -0.455 e. The maximum Gasteiger partial charge on any atom is 0.490 e. The molecule has 0 aliphatic carbocycles. The van der Waals surface area contributed by atoms with Crippen LogP contribution in [0.25, 0.3) is 0 Å². The third-order valence-corrected chi connectivity index (χ3v) is 6.77. The molecule has 1 saturated heterocycles. The Bertz CT molecular complexity index is 833. The molecule has 1 fully saturated rings. The van der Waals surface area contributed by atoms with E-state index in [2.05, 4.69) is 13.1 Å². The van der Waals surface area contributed by atoms with Crippen molar-refractivity contribution in [3.8, 4) is 0 Å². The summed E-state index contributed by atoms with van der Waals surface area (Å²) in [6, 6.07) is 0. The smallest absolute Gasteiger partial charge is 0.455 e. The summed E-state index contributed by atoms with van der Waals surface area (Å²) in [4.78, 5) is 69.5. The molecule has 6 atom stereocenters. The standard InChI is InChI=1S/C11H19O17P3/c1-5(12)23-9-8(26-11(25-7(3)14)10(9)24-6(2)13)4-22-30(18,19)28-31(20,21)27-29(15,16)17/h8-11H,4H2,1-3H3,(H,18,19)(H,20,21)(H2,15,16,17). The molecule has 1 aliphatic heterocycles. The van der Waals surface area contributed by atoms with Crippen LogP contribution in [0.2, 0.25) is 0 Å². The van der Waals surface area contributed by atoms with Gasteiger partial charge in [-0.25, -0.2) is 13.7 Å². The topological polar surface area (TPSA) is 248 Å². The highest BCUT2D eigenvalue weighted by atomic mass is 31.3. The first-order valence-electron chi connectivity index (χ1n) is 7.86. The molecule has 17 nitrogen and oxygen atoms in total. The summed E-state index contributed by atoms with van der Waals surface area (Å²) in [6.45, 7) is 1.88. The van der Waals surface area contributed by atoms with Gasteiger partial charge in [0.25, 0.3) is 0 Å². The molecule has 0 amide bonds. The number of ether oxygens (including phenoxy) is 4. The summed E-state index contributed by atoms with van der Waals surface area (Å²) in [5, 5.41) is 0. The quantitative estimate of drug-likeness (QED) is 0.162. The second kappa shape index (κ2) is 10.6. The largest absolute Gasteiger partial charge is 0.490 e. The van der Waals surface area contributed by atoms with E-state index in [0.29, 0.717) is 0 Å². The molecule has 0 aromatic carbocycles. The first kappa shape index (κ1) is 27.8. The predicted octanol–water partition coefficient (Wildman–Crippen LogP) is -0.519. The van der Waals surface area contributed by atoms with Gasteiger partial charge in [-0.1, -0.05) is 0 Å². The van der Waals surface area contributed by atoms with Crippen LogP contribution < -0.4 is 0 Å². The Morgan fingerprint density at radius 3 is 1.71 bits per heavy atom. The van der Waals surface area contributed by atoms with Crippen LogP contribution in [0.5, 0.6) is 0 Å². The zero-order chi connectivity index (χ0) is 24.2. The molecule has 1 heterocycles. The molecule has 0 radical (unpaired) electrons. The van der Waals surface area contributed by atoms with Crippen LogP contribution in [-0.2, 0) is 60.2 Å². The van der Waals surface area contributed by atoms with Gasteiger partial charge in [0, 0.05) is 20.8 Å². The number of esters is 3. The van der Waals surface area contributed by atoms with E-state index >= 15 is 0 Å². The van der Waals surface area contributed by atoms with Crippen molar-refractivity contribution in [3.63, 3.8) is 0 Å². The fourth-order valence-corrected chi connectivity index (χ4v) is 5.24. The van der Waals surface area contributed by atoms with E-state index in [4.69, 9.17) is 33.6 Å². The van der Waals surface area contributed by atoms with Gasteiger partial charge in [0.1, 0.15) is 6.10 Å². The minimum absolute atomic E-state index is 0.891. The summed E-state index contributed by atoms with van der Waals surface area (Å²) < 4.78 is 65.1. The molecular formula is C11H19O17P3. The number of carbonyl (C=O) groups is 3. The third-order valence-electron chi connectivity index (χ3n) is 2.97. The summed E-state index contributed by atoms with van der Waals surface area (Å²) in [5.41, 5.74) is 0. The second-order valence-corrected chi connectivity index (χ2v) is 10.1. The highest BCUT2D eigenvalue weighted by molar-refractivity contribution is 7.66. The molecule has 1 rings (SSSR count). The first-order valence-corrected chi connectivity index (χ1v) is 12.4. The van der Waals surface area contributed by atoms with Crippen LogP contribution in [0.1, 0.15) is 20.8 Å². The first-order chi connectivity index (χ1) is 13.9. The Hall–Kier alpha value is -1.22. The lowest BCUT2D eigenvalue weighted by molar-refractivity contribution is -0.196. The predicted molar refractivity (Wildman–Crippen MR) is 91.4 cm³/mol. The average Bonchev–Trinajstić information content (AvgIpc) is 2.77. The molecule has 0 aromatic rings. The van der Waals surface area contributed by atoms with Gasteiger partial charge in [0.05, 0.1) is 6.61 Å². The van der Waals surface area contributed by atoms with Crippen LogP contribution in [0.3, 0.4) is 0 Å². The molecular weight excluding hydrogens is 497 g/mol. The van der Waals surface area contributed by atoms with Crippen molar-refractivity contribution in [1.29, 1.82) is 0 Å². The summed E-state index contributed by atoms with van der Waals surface area (Å²) >= 11 is 0. The Balaban J connectivity index is 2.99. The second-order valence-electron chi connectivity index (χ2n) is 5.69. The van der Waals surface area contributed by atoms with Gasteiger partial charge >= 0.3 is 41.4 Å². The van der Waals surface area contributed by atoms with Gasteiger partial charge in [-0.15, -0.1) is 0 Å². The highest BCUT2D eigenvalue weighted by Crippen LogP contribution is 2.66. The number of rotatable bonds is 10. The fourth-order valence-electron chi connectivity index (χ4n) is 2.21. The van der Waals surface area contributed by atoms with E-state index in [9.17, 15) is 33.0 Å². The molecule has 0 bridgehead atoms. The third kappa shape index (κ3) is 10.3. The van der Waals surface area contributed by atoms with Crippen LogP contribution in [-0.4, -0.2) is 68.7 Å². The van der Waals surface area contributed by atoms with Gasteiger partial charge in [-0.3, -0.25) is 18.9 Å². The zero-order valence-electron chi connectivity index (χ0n) is 16.0. The van der Waals surface area contributed by atoms with Crippen LogP contribution in [0.4, 0.5) is 0 Å². The summed E-state index contributed by atoms with van der Waals surface area (Å²) in [6.07, 6.45) is -6.21. The van der Waals surface area contributed by atoms with Crippen LogP contribution >= 0.6 is 23.5 Å². The van der Waals surface area contributed by atoms with Crippen LogP contribution in [0.15, 0.2) is 0 Å². The lowest BCUT2D eigenvalue weighted by Crippen LogP contribution is -2.41. The van der Waals surface area contributed by atoms with Crippen molar-refractivity contribution in [2.45, 2.75) is 45.4 Å². The summed E-state index contributed by atoms with van der Waals surface area (Å²) in [5.74, 6) is -2.70. The maximum atomic E-state index is 11.8. The SMILES string of the molecule is CC(=O)OC1OC(COP(=O)(O)OP(=O)(O)OP(=O)(O)O)C(OC(C)=O)C1OC(C)=O. The Labute approximate surface area is 173 Å². The number of hydrogen-bond donors (Lipinski definition) is 4. The Morgan fingerprint density at radius 1 is 0.774 bits per heavy atom. The van der Waals surface area contributed by atoms with E-state index in [1.165, 1.54) is 0 Å². The lowest BCUT2D eigenvalue weighted by Gasteiger charge is -2.23. The molecule has 0 saturated carbocycles. The van der Waals surface area contributed by atoms with E-state index in [1.54, 1.807) is 0 Å². The highest BCUT2D eigenvalue weighted by Gasteiger charge is 2.52. The molecule has 0 aromatic heterocycles. The summed E-state index contributed by atoms with van der Waals surface area (Å²) in [7, 11) is -16.9. The molecule has 31 heavy (non-hydrogen) atoms. The van der Waals surface area contributed by atoms with E-state index in [0.717, 1.165) is 20.8 Å². The molecule has 180 valence electrons. The van der Waals surface area contributed by atoms with Crippen LogP contribution in [0, 0.1) is 0 Å². The van der Waals surface area contributed by atoms with E-state index in [-0.39, 0.29) is 0 Å². The normalized spacial score (nSPS) is 27.6. The number of carbonyl (C=O) groups excluding carboxylic acids is 3.